The van der Waals surface area contributed by atoms with E-state index in [1.54, 1.807) is 14.2 Å². The van der Waals surface area contributed by atoms with Crippen molar-refractivity contribution in [1.29, 1.82) is 0 Å². The largest absolute Gasteiger partial charge is 0.497 e. The zero-order valence-electron chi connectivity index (χ0n) is 18.7. The van der Waals surface area contributed by atoms with Crippen LogP contribution in [0.4, 0.5) is 5.69 Å². The fourth-order valence-corrected chi connectivity index (χ4v) is 4.34. The maximum atomic E-state index is 5.57. The van der Waals surface area contributed by atoms with Crippen LogP contribution in [-0.2, 0) is 0 Å². The van der Waals surface area contributed by atoms with Crippen LogP contribution >= 0.6 is 0 Å². The number of quaternary nitrogens is 1. The number of nitrogens with one attached hydrogen (secondary N) is 1. The molecule has 8 heteroatoms. The first-order valence-corrected chi connectivity index (χ1v) is 10.8. The van der Waals surface area contributed by atoms with Crippen LogP contribution in [0.25, 0.3) is 0 Å². The van der Waals surface area contributed by atoms with E-state index in [1.165, 1.54) is 10.5 Å². The van der Waals surface area contributed by atoms with Gasteiger partial charge in [-0.2, -0.15) is 0 Å². The third kappa shape index (κ3) is 4.34. The van der Waals surface area contributed by atoms with Crippen LogP contribution in [0.3, 0.4) is 0 Å². The normalized spacial score (nSPS) is 15.8. The summed E-state index contributed by atoms with van der Waals surface area (Å²) >= 11 is 0. The second-order valence-corrected chi connectivity index (χ2v) is 8.10. The van der Waals surface area contributed by atoms with Crippen LogP contribution in [0.1, 0.15) is 37.3 Å². The van der Waals surface area contributed by atoms with Crippen LogP contribution in [0.5, 0.6) is 11.5 Å². The monoisotopic (exact) mass is 423 g/mol. The number of hydrogen-bond acceptors (Lipinski definition) is 6. The third-order valence-corrected chi connectivity index (χ3v) is 5.95. The van der Waals surface area contributed by atoms with E-state index in [0.717, 1.165) is 49.2 Å². The van der Waals surface area contributed by atoms with Crippen LogP contribution < -0.4 is 19.3 Å². The fraction of sp³-hybridized carbons (Fsp3) is 0.435. The molecule has 1 fully saturated rings. The maximum absolute atomic E-state index is 5.57. The summed E-state index contributed by atoms with van der Waals surface area (Å²) in [5.41, 5.74) is 2.34. The molecule has 0 saturated carbocycles. The number of ether oxygens (including phenoxy) is 2. The number of para-hydroxylation sites is 2. The van der Waals surface area contributed by atoms with Crippen molar-refractivity contribution in [1.82, 2.24) is 20.2 Å². The molecule has 8 nitrogen and oxygen atoms in total. The van der Waals surface area contributed by atoms with Crippen molar-refractivity contribution in [3.8, 4) is 11.5 Å². The van der Waals surface area contributed by atoms with Gasteiger partial charge in [-0.3, -0.25) is 0 Å². The van der Waals surface area contributed by atoms with Gasteiger partial charge in [-0.15, -0.1) is 5.10 Å². The summed E-state index contributed by atoms with van der Waals surface area (Å²) in [7, 11) is 3.42. The zero-order chi connectivity index (χ0) is 21.8. The first-order chi connectivity index (χ1) is 15.1. The second-order valence-electron chi connectivity index (χ2n) is 8.10. The molecule has 0 spiro atoms. The summed E-state index contributed by atoms with van der Waals surface area (Å²) in [6.45, 7) is 8.04. The Bertz CT molecular complexity index is 980. The van der Waals surface area contributed by atoms with Gasteiger partial charge in [0, 0.05) is 5.56 Å². The number of aromatic nitrogens is 4. The molecule has 164 valence electrons. The number of piperazine rings is 1. The van der Waals surface area contributed by atoms with Gasteiger partial charge in [-0.25, -0.2) is 4.68 Å². The summed E-state index contributed by atoms with van der Waals surface area (Å²) in [5, 5.41) is 12.7. The molecule has 1 saturated heterocycles. The molecule has 0 aliphatic carbocycles. The van der Waals surface area contributed by atoms with Crippen molar-refractivity contribution in [3.05, 3.63) is 59.9 Å². The molecule has 31 heavy (non-hydrogen) atoms. The highest BCUT2D eigenvalue weighted by atomic mass is 16.5. The highest BCUT2D eigenvalue weighted by molar-refractivity contribution is 5.58. The third-order valence-electron chi connectivity index (χ3n) is 5.95. The SMILES string of the molecule is COc1ccc([C@H](c2nnnn2C(C)C)[NH+]2CCN(c3ccccc3OC)CC2)cc1. The molecule has 1 atom stereocenters. The Morgan fingerprint density at radius 1 is 0.935 bits per heavy atom. The average Bonchev–Trinajstić information content (AvgIpc) is 3.30. The lowest BCUT2D eigenvalue weighted by atomic mass is 10.0. The van der Waals surface area contributed by atoms with Crippen molar-refractivity contribution in [2.75, 3.05) is 45.3 Å². The van der Waals surface area contributed by atoms with E-state index < -0.39 is 0 Å². The Kier molecular flexibility index (Phi) is 6.36. The summed E-state index contributed by atoms with van der Waals surface area (Å²) in [4.78, 5) is 3.85. The quantitative estimate of drug-likeness (QED) is 0.625. The van der Waals surface area contributed by atoms with Crippen LogP contribution in [-0.4, -0.2) is 60.6 Å². The molecule has 1 aliphatic heterocycles. The highest BCUT2D eigenvalue weighted by Crippen LogP contribution is 2.28. The average molecular weight is 424 g/mol. The van der Waals surface area contributed by atoms with Gasteiger partial charge in [0.25, 0.3) is 0 Å². The first kappa shape index (κ1) is 21.1. The fourth-order valence-electron chi connectivity index (χ4n) is 4.34. The summed E-state index contributed by atoms with van der Waals surface area (Å²) in [6.07, 6.45) is 0. The molecule has 2 heterocycles. The topological polar surface area (TPSA) is 69.7 Å². The van der Waals surface area contributed by atoms with Crippen molar-refractivity contribution in [2.24, 2.45) is 0 Å². The predicted molar refractivity (Wildman–Crippen MR) is 119 cm³/mol. The number of benzene rings is 2. The van der Waals surface area contributed by atoms with E-state index in [9.17, 15) is 0 Å². The van der Waals surface area contributed by atoms with Gasteiger partial charge in [0.15, 0.2) is 6.04 Å². The number of nitrogens with zero attached hydrogens (tertiary/aromatic N) is 5. The molecule has 1 aliphatic rings. The van der Waals surface area contributed by atoms with Crippen molar-refractivity contribution < 1.29 is 14.4 Å². The Labute approximate surface area is 183 Å². The Balaban J connectivity index is 1.61. The minimum atomic E-state index is 0.0584. The lowest BCUT2D eigenvalue weighted by molar-refractivity contribution is -0.927. The molecule has 3 aromatic rings. The van der Waals surface area contributed by atoms with Gasteiger partial charge in [0.05, 0.1) is 52.1 Å². The molecule has 0 radical (unpaired) electrons. The summed E-state index contributed by atoms with van der Waals surface area (Å²) in [5.74, 6) is 2.67. The molecule has 0 bridgehead atoms. The van der Waals surface area contributed by atoms with E-state index in [-0.39, 0.29) is 12.1 Å². The van der Waals surface area contributed by atoms with Gasteiger partial charge in [-0.05, 0) is 60.7 Å². The standard InChI is InChI=1S/C23H30N6O2/c1-17(2)29-23(24-25-26-29)22(18-9-11-19(30-3)12-10-18)28-15-13-27(14-16-28)20-7-5-6-8-21(20)31-4/h5-12,17,22H,13-16H2,1-4H3/p+1/t22-/m1/s1. The minimum Gasteiger partial charge on any atom is -0.497 e. The smallest absolute Gasteiger partial charge is 0.214 e. The number of hydrogen-bond donors (Lipinski definition) is 1. The highest BCUT2D eigenvalue weighted by Gasteiger charge is 2.35. The molecule has 1 N–H and O–H groups in total. The van der Waals surface area contributed by atoms with Crippen LogP contribution in [0, 0.1) is 0 Å². The lowest BCUT2D eigenvalue weighted by Crippen LogP contribution is -3.15. The van der Waals surface area contributed by atoms with Gasteiger partial charge in [0.1, 0.15) is 11.5 Å². The van der Waals surface area contributed by atoms with Gasteiger partial charge >= 0.3 is 0 Å². The van der Waals surface area contributed by atoms with Gasteiger partial charge in [0.2, 0.25) is 5.82 Å². The predicted octanol–water partition coefficient (Wildman–Crippen LogP) is 1.77. The molecule has 1 aromatic heterocycles. The van der Waals surface area contributed by atoms with Crippen molar-refractivity contribution in [3.63, 3.8) is 0 Å². The molecule has 0 unspecified atom stereocenters. The van der Waals surface area contributed by atoms with Crippen molar-refractivity contribution in [2.45, 2.75) is 25.9 Å². The maximum Gasteiger partial charge on any atom is 0.214 e. The number of rotatable bonds is 7. The van der Waals surface area contributed by atoms with E-state index >= 15 is 0 Å². The Morgan fingerprint density at radius 2 is 1.65 bits per heavy atom. The van der Waals surface area contributed by atoms with E-state index in [1.807, 2.05) is 28.9 Å². The van der Waals surface area contributed by atoms with E-state index in [0.29, 0.717) is 0 Å². The van der Waals surface area contributed by atoms with Crippen molar-refractivity contribution >= 4 is 5.69 Å². The van der Waals surface area contributed by atoms with Crippen LogP contribution in [0.15, 0.2) is 48.5 Å². The Hall–Kier alpha value is -3.13. The zero-order valence-corrected chi connectivity index (χ0v) is 18.7. The lowest BCUT2D eigenvalue weighted by Gasteiger charge is -2.37. The van der Waals surface area contributed by atoms with Crippen LogP contribution in [0.2, 0.25) is 0 Å². The molecular formula is C23H31N6O2+. The van der Waals surface area contributed by atoms with Gasteiger partial charge in [-0.1, -0.05) is 12.1 Å². The van der Waals surface area contributed by atoms with E-state index in [2.05, 4.69) is 58.5 Å². The van der Waals surface area contributed by atoms with Gasteiger partial charge < -0.3 is 19.3 Å². The molecule has 2 aromatic carbocycles. The second kappa shape index (κ2) is 9.34. The number of anilines is 1. The Morgan fingerprint density at radius 3 is 2.29 bits per heavy atom. The first-order valence-electron chi connectivity index (χ1n) is 10.8. The summed E-state index contributed by atoms with van der Waals surface area (Å²) < 4.78 is 12.9. The summed E-state index contributed by atoms with van der Waals surface area (Å²) in [6, 6.07) is 16.7. The number of methoxy groups -OCH3 is 2. The number of tetrazole rings is 1. The molecular weight excluding hydrogens is 392 g/mol. The minimum absolute atomic E-state index is 0.0584. The molecule has 0 amide bonds. The van der Waals surface area contributed by atoms with E-state index in [4.69, 9.17) is 9.47 Å². The molecule has 4 rings (SSSR count).